The third-order valence-corrected chi connectivity index (χ3v) is 3.48. The minimum absolute atomic E-state index is 0.488. The number of rotatable bonds is 5. The molecule has 0 fully saturated rings. The molecule has 0 aliphatic carbocycles. The molecule has 0 bridgehead atoms. The van der Waals surface area contributed by atoms with E-state index in [0.717, 1.165) is 18.9 Å². The van der Waals surface area contributed by atoms with Gasteiger partial charge in [-0.1, -0.05) is 48.9 Å². The number of imidazole rings is 1. The Labute approximate surface area is 113 Å². The average Bonchev–Trinajstić information content (AvgIpc) is 2.71. The summed E-state index contributed by atoms with van der Waals surface area (Å²) < 4.78 is 1.89. The first-order valence-electron chi connectivity index (χ1n) is 6.10. The molecule has 0 amide bonds. The molecule has 1 N–H and O–H groups in total. The van der Waals surface area contributed by atoms with Crippen LogP contribution in [0.1, 0.15) is 24.2 Å². The number of hydrogen-bond acceptors (Lipinski definition) is 2. The van der Waals surface area contributed by atoms with Crippen LogP contribution in [0.2, 0.25) is 5.15 Å². The number of benzene rings is 1. The highest BCUT2D eigenvalue weighted by Crippen LogP contribution is 2.13. The standard InChI is InChI=1S/C14H18ClN3/c1-11(12-6-4-3-5-7-12)8-16-10-14-17-9-13(15)18(14)2/h3-7,9,11,16H,8,10H2,1-2H3. The van der Waals surface area contributed by atoms with Crippen LogP contribution < -0.4 is 5.32 Å². The van der Waals surface area contributed by atoms with E-state index in [9.17, 15) is 0 Å². The first-order valence-corrected chi connectivity index (χ1v) is 6.48. The van der Waals surface area contributed by atoms with Crippen molar-refractivity contribution in [2.75, 3.05) is 6.54 Å². The summed E-state index contributed by atoms with van der Waals surface area (Å²) >= 11 is 5.94. The highest BCUT2D eigenvalue weighted by molar-refractivity contribution is 6.29. The monoisotopic (exact) mass is 263 g/mol. The normalized spacial score (nSPS) is 12.6. The topological polar surface area (TPSA) is 29.9 Å². The SMILES string of the molecule is CC(CNCc1ncc(Cl)n1C)c1ccccc1. The van der Waals surface area contributed by atoms with E-state index in [1.807, 2.05) is 17.7 Å². The van der Waals surface area contributed by atoms with Crippen molar-refractivity contribution in [1.29, 1.82) is 0 Å². The van der Waals surface area contributed by atoms with Crippen LogP contribution in [-0.2, 0) is 13.6 Å². The number of nitrogens with zero attached hydrogens (tertiary/aromatic N) is 2. The van der Waals surface area contributed by atoms with E-state index < -0.39 is 0 Å². The van der Waals surface area contributed by atoms with Gasteiger partial charge in [-0.3, -0.25) is 0 Å². The van der Waals surface area contributed by atoms with Gasteiger partial charge < -0.3 is 9.88 Å². The number of hydrogen-bond donors (Lipinski definition) is 1. The van der Waals surface area contributed by atoms with Crippen molar-refractivity contribution in [3.8, 4) is 0 Å². The maximum Gasteiger partial charge on any atom is 0.128 e. The lowest BCUT2D eigenvalue weighted by molar-refractivity contribution is 0.588. The molecule has 1 atom stereocenters. The lowest BCUT2D eigenvalue weighted by Gasteiger charge is -2.12. The van der Waals surface area contributed by atoms with Gasteiger partial charge in [0.05, 0.1) is 12.7 Å². The predicted molar refractivity (Wildman–Crippen MR) is 74.8 cm³/mol. The third kappa shape index (κ3) is 3.12. The second-order valence-electron chi connectivity index (χ2n) is 4.50. The van der Waals surface area contributed by atoms with E-state index >= 15 is 0 Å². The molecule has 3 nitrogen and oxygen atoms in total. The van der Waals surface area contributed by atoms with E-state index in [0.29, 0.717) is 11.1 Å². The second-order valence-corrected chi connectivity index (χ2v) is 4.89. The summed E-state index contributed by atoms with van der Waals surface area (Å²) in [6.07, 6.45) is 1.68. The highest BCUT2D eigenvalue weighted by Gasteiger charge is 2.06. The fraction of sp³-hybridized carbons (Fsp3) is 0.357. The van der Waals surface area contributed by atoms with Gasteiger partial charge in [-0.05, 0) is 11.5 Å². The molecule has 96 valence electrons. The zero-order valence-corrected chi connectivity index (χ0v) is 11.5. The fourth-order valence-electron chi connectivity index (χ4n) is 1.89. The molecule has 18 heavy (non-hydrogen) atoms. The van der Waals surface area contributed by atoms with E-state index in [2.05, 4.69) is 41.5 Å². The summed E-state index contributed by atoms with van der Waals surface area (Å²) in [5.41, 5.74) is 1.35. The van der Waals surface area contributed by atoms with Crippen molar-refractivity contribution >= 4 is 11.6 Å². The smallest absolute Gasteiger partial charge is 0.128 e. The maximum absolute atomic E-state index is 5.94. The van der Waals surface area contributed by atoms with Gasteiger partial charge in [0.1, 0.15) is 11.0 Å². The molecule has 0 aliphatic rings. The van der Waals surface area contributed by atoms with Gasteiger partial charge in [-0.25, -0.2) is 4.98 Å². The molecular formula is C14H18ClN3. The summed E-state index contributed by atoms with van der Waals surface area (Å²) in [7, 11) is 1.92. The minimum atomic E-state index is 0.488. The van der Waals surface area contributed by atoms with Gasteiger partial charge in [-0.15, -0.1) is 0 Å². The fourth-order valence-corrected chi connectivity index (χ4v) is 2.03. The molecule has 4 heteroatoms. The molecule has 1 aromatic carbocycles. The van der Waals surface area contributed by atoms with Gasteiger partial charge in [0.25, 0.3) is 0 Å². The molecule has 0 saturated carbocycles. The molecule has 1 unspecified atom stereocenters. The Morgan fingerprint density at radius 3 is 2.67 bits per heavy atom. The van der Waals surface area contributed by atoms with Gasteiger partial charge in [-0.2, -0.15) is 0 Å². The number of aromatic nitrogens is 2. The summed E-state index contributed by atoms with van der Waals surface area (Å²) in [5.74, 6) is 1.45. The van der Waals surface area contributed by atoms with E-state index in [1.165, 1.54) is 5.56 Å². The third-order valence-electron chi connectivity index (χ3n) is 3.13. The first-order chi connectivity index (χ1) is 8.68. The van der Waals surface area contributed by atoms with Gasteiger partial charge in [0.2, 0.25) is 0 Å². The molecule has 0 radical (unpaired) electrons. The van der Waals surface area contributed by atoms with Gasteiger partial charge in [0.15, 0.2) is 0 Å². The Bertz CT molecular complexity index is 493. The zero-order chi connectivity index (χ0) is 13.0. The quantitative estimate of drug-likeness (QED) is 0.899. The van der Waals surface area contributed by atoms with Gasteiger partial charge >= 0.3 is 0 Å². The van der Waals surface area contributed by atoms with Crippen LogP contribution in [0.4, 0.5) is 0 Å². The second kappa shape index (κ2) is 6.03. The van der Waals surface area contributed by atoms with Crippen LogP contribution in [0.15, 0.2) is 36.5 Å². The highest BCUT2D eigenvalue weighted by atomic mass is 35.5. The van der Waals surface area contributed by atoms with Crippen molar-refractivity contribution in [1.82, 2.24) is 14.9 Å². The Kier molecular flexibility index (Phi) is 4.39. The Morgan fingerprint density at radius 2 is 2.06 bits per heavy atom. The lowest BCUT2D eigenvalue weighted by Crippen LogP contribution is -2.21. The number of nitrogens with one attached hydrogen (secondary N) is 1. The molecule has 1 heterocycles. The van der Waals surface area contributed by atoms with E-state index in [4.69, 9.17) is 11.6 Å². The molecule has 1 aromatic heterocycles. The summed E-state index contributed by atoms with van der Waals surface area (Å²) in [4.78, 5) is 4.25. The van der Waals surface area contributed by atoms with Crippen LogP contribution in [0.3, 0.4) is 0 Å². The minimum Gasteiger partial charge on any atom is -0.321 e. The Hall–Kier alpha value is -1.32. The molecule has 0 aliphatic heterocycles. The van der Waals surface area contributed by atoms with Crippen molar-refractivity contribution in [2.45, 2.75) is 19.4 Å². The molecule has 0 saturated heterocycles. The van der Waals surface area contributed by atoms with Crippen molar-refractivity contribution in [3.63, 3.8) is 0 Å². The molecule has 0 spiro atoms. The van der Waals surface area contributed by atoms with E-state index in [1.54, 1.807) is 6.20 Å². The van der Waals surface area contributed by atoms with Crippen LogP contribution in [0, 0.1) is 0 Å². The van der Waals surface area contributed by atoms with Crippen molar-refractivity contribution < 1.29 is 0 Å². The van der Waals surface area contributed by atoms with Crippen LogP contribution in [-0.4, -0.2) is 16.1 Å². The largest absolute Gasteiger partial charge is 0.321 e. The Balaban J connectivity index is 1.84. The number of halogens is 1. The summed E-state index contributed by atoms with van der Waals surface area (Å²) in [5, 5.41) is 4.08. The maximum atomic E-state index is 5.94. The molecular weight excluding hydrogens is 246 g/mol. The van der Waals surface area contributed by atoms with Gasteiger partial charge in [0, 0.05) is 13.6 Å². The lowest BCUT2D eigenvalue weighted by atomic mass is 10.0. The zero-order valence-electron chi connectivity index (χ0n) is 10.7. The van der Waals surface area contributed by atoms with Crippen LogP contribution in [0.25, 0.3) is 0 Å². The Morgan fingerprint density at radius 1 is 1.33 bits per heavy atom. The van der Waals surface area contributed by atoms with Crippen LogP contribution >= 0.6 is 11.6 Å². The summed E-state index contributed by atoms with van der Waals surface area (Å²) in [6.45, 7) is 3.88. The molecule has 2 aromatic rings. The first kappa shape index (κ1) is 13.1. The summed E-state index contributed by atoms with van der Waals surface area (Å²) in [6, 6.07) is 10.5. The predicted octanol–water partition coefficient (Wildman–Crippen LogP) is 2.97. The van der Waals surface area contributed by atoms with Crippen LogP contribution in [0.5, 0.6) is 0 Å². The van der Waals surface area contributed by atoms with E-state index in [-0.39, 0.29) is 0 Å². The van der Waals surface area contributed by atoms with Crippen molar-refractivity contribution in [2.24, 2.45) is 7.05 Å². The van der Waals surface area contributed by atoms with Crippen molar-refractivity contribution in [3.05, 3.63) is 53.1 Å². The molecule has 2 rings (SSSR count). The average molecular weight is 264 g/mol.